The second-order valence-corrected chi connectivity index (χ2v) is 6.59. The van der Waals surface area contributed by atoms with Gasteiger partial charge in [0.05, 0.1) is 6.10 Å². The first-order valence-corrected chi connectivity index (χ1v) is 8.75. The van der Waals surface area contributed by atoms with Crippen LogP contribution in [0.25, 0.3) is 12.2 Å². The summed E-state index contributed by atoms with van der Waals surface area (Å²) in [4.78, 5) is 0. The Morgan fingerprint density at radius 1 is 0.870 bits per heavy atom. The molecule has 0 fully saturated rings. The summed E-state index contributed by atoms with van der Waals surface area (Å²) in [6, 6.07) is 17.4. The van der Waals surface area contributed by atoms with E-state index in [9.17, 15) is 0 Å². The van der Waals surface area contributed by atoms with E-state index in [0.717, 1.165) is 16.9 Å². The summed E-state index contributed by atoms with van der Waals surface area (Å²) in [5.41, 5.74) is 5.57. The molecule has 0 heterocycles. The van der Waals surface area contributed by atoms with Crippen molar-refractivity contribution in [2.45, 2.75) is 24.4 Å². The molecule has 2 aromatic carbocycles. The van der Waals surface area contributed by atoms with Gasteiger partial charge in [-0.1, -0.05) is 72.8 Å². The minimum absolute atomic E-state index is 0. The van der Waals surface area contributed by atoms with Crippen molar-refractivity contribution in [3.63, 3.8) is 0 Å². The van der Waals surface area contributed by atoms with Gasteiger partial charge in [0.25, 0.3) is 0 Å². The van der Waals surface area contributed by atoms with E-state index in [-0.39, 0.29) is 35.7 Å². The zero-order chi connectivity index (χ0) is 14.9. The quantitative estimate of drug-likeness (QED) is 0.784. The molecule has 23 heavy (non-hydrogen) atoms. The molecule has 0 radical (unpaired) electrons. The van der Waals surface area contributed by atoms with Crippen LogP contribution in [0.15, 0.2) is 60.7 Å². The molecular formula is C20H21NaOSi. The average Bonchev–Trinajstić information content (AvgIpc) is 3.17. The number of benzene rings is 2. The molecule has 3 atom stereocenters. The molecule has 1 nitrogen and oxygen atoms in total. The summed E-state index contributed by atoms with van der Waals surface area (Å²) >= 11 is 0. The molecule has 2 aliphatic rings. The van der Waals surface area contributed by atoms with Crippen molar-refractivity contribution >= 4 is 52.2 Å². The third kappa shape index (κ3) is 3.19. The van der Waals surface area contributed by atoms with Gasteiger partial charge in [0.2, 0.25) is 0 Å². The van der Waals surface area contributed by atoms with Crippen LogP contribution in [0.1, 0.15) is 40.5 Å². The monoisotopic (exact) mass is 328 g/mol. The molecule has 2 aliphatic carbocycles. The normalized spacial score (nSPS) is 21.7. The van der Waals surface area contributed by atoms with E-state index in [1.165, 1.54) is 22.3 Å². The van der Waals surface area contributed by atoms with Crippen molar-refractivity contribution in [3.05, 3.63) is 82.9 Å². The second kappa shape index (κ2) is 7.33. The average molecular weight is 328 g/mol. The Balaban J connectivity index is 0.00000156. The maximum absolute atomic E-state index is 6.02. The van der Waals surface area contributed by atoms with E-state index < -0.39 is 0 Å². The Bertz CT molecular complexity index is 753. The Morgan fingerprint density at radius 2 is 1.48 bits per heavy atom. The number of rotatable bonds is 4. The van der Waals surface area contributed by atoms with E-state index in [1.54, 1.807) is 0 Å². The largest absolute Gasteiger partial charge is 0.424 e. The maximum atomic E-state index is 6.02. The van der Waals surface area contributed by atoms with Crippen molar-refractivity contribution in [1.82, 2.24) is 0 Å². The van der Waals surface area contributed by atoms with Crippen molar-refractivity contribution in [2.75, 3.05) is 0 Å². The summed E-state index contributed by atoms with van der Waals surface area (Å²) < 4.78 is 6.02. The molecule has 4 rings (SSSR count). The minimum Gasteiger partial charge on any atom is -0.424 e. The fraction of sp³-hybridized carbons (Fsp3) is 0.200. The van der Waals surface area contributed by atoms with Gasteiger partial charge in [0.1, 0.15) is 10.5 Å². The van der Waals surface area contributed by atoms with Gasteiger partial charge in [-0.05, 0) is 28.7 Å². The molecule has 0 spiro atoms. The second-order valence-electron chi connectivity index (χ2n) is 6.12. The molecule has 0 aliphatic heterocycles. The van der Waals surface area contributed by atoms with Crippen molar-refractivity contribution in [1.29, 1.82) is 0 Å². The number of hydrogen-bond donors (Lipinski definition) is 0. The first kappa shape index (κ1) is 16.9. The van der Waals surface area contributed by atoms with Gasteiger partial charge in [0, 0.05) is 11.8 Å². The fourth-order valence-electron chi connectivity index (χ4n) is 3.77. The van der Waals surface area contributed by atoms with Gasteiger partial charge in [-0.2, -0.15) is 0 Å². The molecule has 0 saturated heterocycles. The predicted octanol–water partition coefficient (Wildman–Crippen LogP) is 3.01. The topological polar surface area (TPSA) is 9.23 Å². The number of fused-ring (bicyclic) bond motifs is 2. The Kier molecular flexibility index (Phi) is 5.40. The van der Waals surface area contributed by atoms with Gasteiger partial charge < -0.3 is 4.43 Å². The van der Waals surface area contributed by atoms with Crippen LogP contribution in [-0.2, 0) is 4.43 Å². The van der Waals surface area contributed by atoms with E-state index in [2.05, 4.69) is 72.8 Å². The van der Waals surface area contributed by atoms with Crippen LogP contribution in [0, 0.1) is 0 Å². The molecule has 0 aromatic heterocycles. The fourth-order valence-corrected chi connectivity index (χ4v) is 4.26. The van der Waals surface area contributed by atoms with Gasteiger partial charge in [0.15, 0.2) is 0 Å². The molecule has 0 saturated carbocycles. The standard InChI is InChI=1S/C20H20OSi.Na.H/c22-21-20(19-12-11-15-6-2-4-8-18(15)19)13-16-10-9-14-5-1-3-7-17(14)16;;/h1-12,16,19-20H,13H2,22H3;;. The van der Waals surface area contributed by atoms with E-state index >= 15 is 0 Å². The molecule has 0 bridgehead atoms. The van der Waals surface area contributed by atoms with Crippen molar-refractivity contribution in [2.24, 2.45) is 0 Å². The summed E-state index contributed by atoms with van der Waals surface area (Å²) in [5.74, 6) is 0.881. The Morgan fingerprint density at radius 3 is 2.22 bits per heavy atom. The zero-order valence-electron chi connectivity index (χ0n) is 12.8. The summed E-state index contributed by atoms with van der Waals surface area (Å²) in [7, 11) is 0.778. The Hall–Kier alpha value is -0.903. The third-order valence-electron chi connectivity index (χ3n) is 4.93. The van der Waals surface area contributed by atoms with Gasteiger partial charge in [-0.15, -0.1) is 0 Å². The SMILES string of the molecule is [NaH].[SiH3]OC(CC1C=Cc2ccccc21)C1C=Cc2ccccc21. The summed E-state index contributed by atoms with van der Waals surface area (Å²) in [6.07, 6.45) is 10.5. The number of allylic oxidation sites excluding steroid dienone is 1. The zero-order valence-corrected chi connectivity index (χ0v) is 14.8. The van der Waals surface area contributed by atoms with Crippen LogP contribution in [0.5, 0.6) is 0 Å². The molecular weight excluding hydrogens is 307 g/mol. The maximum Gasteiger partial charge on any atom is 0.146 e. The molecule has 112 valence electrons. The molecule has 2 aromatic rings. The molecule has 3 unspecified atom stereocenters. The summed E-state index contributed by atoms with van der Waals surface area (Å²) in [6.45, 7) is 0. The number of hydrogen-bond acceptors (Lipinski definition) is 1. The molecule has 3 heteroatoms. The smallest absolute Gasteiger partial charge is 0.146 e. The van der Waals surface area contributed by atoms with Gasteiger partial charge in [-0.3, -0.25) is 0 Å². The predicted molar refractivity (Wildman–Crippen MR) is 103 cm³/mol. The first-order valence-electron chi connectivity index (χ1n) is 7.94. The van der Waals surface area contributed by atoms with Gasteiger partial charge >= 0.3 is 29.6 Å². The molecule has 0 N–H and O–H groups in total. The van der Waals surface area contributed by atoms with E-state index in [1.807, 2.05) is 0 Å². The van der Waals surface area contributed by atoms with Crippen LogP contribution in [-0.4, -0.2) is 46.1 Å². The first-order chi connectivity index (χ1) is 10.9. The van der Waals surface area contributed by atoms with Crippen LogP contribution in [0.3, 0.4) is 0 Å². The Labute approximate surface area is 163 Å². The minimum atomic E-state index is 0. The van der Waals surface area contributed by atoms with E-state index in [4.69, 9.17) is 4.43 Å². The molecule has 0 amide bonds. The third-order valence-corrected chi connectivity index (χ3v) is 5.54. The van der Waals surface area contributed by atoms with Crippen LogP contribution < -0.4 is 0 Å². The van der Waals surface area contributed by atoms with Crippen LogP contribution in [0.4, 0.5) is 0 Å². The van der Waals surface area contributed by atoms with Crippen molar-refractivity contribution in [3.8, 4) is 0 Å². The van der Waals surface area contributed by atoms with E-state index in [0.29, 0.717) is 11.8 Å². The summed E-state index contributed by atoms with van der Waals surface area (Å²) in [5, 5.41) is 0. The van der Waals surface area contributed by atoms with Gasteiger partial charge in [-0.25, -0.2) is 0 Å². The van der Waals surface area contributed by atoms with Crippen LogP contribution >= 0.6 is 0 Å². The van der Waals surface area contributed by atoms with Crippen LogP contribution in [0.2, 0.25) is 0 Å². The van der Waals surface area contributed by atoms with Crippen molar-refractivity contribution < 1.29 is 4.43 Å².